The fourth-order valence-electron chi connectivity index (χ4n) is 5.46. The average Bonchev–Trinajstić information content (AvgIpc) is 3.57. The molecule has 3 heteroatoms. The van der Waals surface area contributed by atoms with Crippen LogP contribution in [0, 0.1) is 0 Å². The maximum absolute atomic E-state index is 2.43. The fourth-order valence-corrected chi connectivity index (χ4v) is 7.96. The number of para-hydroxylation sites is 2. The maximum atomic E-state index is 2.43. The fraction of sp³-hybridized carbons (Fsp3) is 0. The van der Waals surface area contributed by atoms with E-state index in [1.807, 2.05) is 22.7 Å². The van der Waals surface area contributed by atoms with Gasteiger partial charge >= 0.3 is 0 Å². The largest absolute Gasteiger partial charge is 0.308 e. The van der Waals surface area contributed by atoms with Gasteiger partial charge in [0.15, 0.2) is 0 Å². The van der Waals surface area contributed by atoms with Gasteiger partial charge in [0.2, 0.25) is 0 Å². The second-order valence-corrected chi connectivity index (χ2v) is 11.1. The monoisotopic (exact) mass is 481 g/mol. The molecular formula is C32H19NS2. The summed E-state index contributed by atoms with van der Waals surface area (Å²) in [6, 6.07) is 42.0. The van der Waals surface area contributed by atoms with Crippen molar-refractivity contribution < 1.29 is 0 Å². The van der Waals surface area contributed by atoms with Crippen molar-refractivity contribution in [3.05, 3.63) is 115 Å². The Morgan fingerprint density at radius 1 is 0.486 bits per heavy atom. The molecule has 0 aliphatic heterocycles. The first-order valence-corrected chi connectivity index (χ1v) is 13.4. The Morgan fingerprint density at radius 2 is 1.23 bits per heavy atom. The van der Waals surface area contributed by atoms with Crippen molar-refractivity contribution in [1.82, 2.24) is 4.57 Å². The van der Waals surface area contributed by atoms with Crippen molar-refractivity contribution in [2.24, 2.45) is 0 Å². The van der Waals surface area contributed by atoms with Gasteiger partial charge < -0.3 is 4.57 Å². The van der Waals surface area contributed by atoms with E-state index in [1.54, 1.807) is 0 Å². The number of hydrogen-bond acceptors (Lipinski definition) is 2. The van der Waals surface area contributed by atoms with Gasteiger partial charge in [-0.1, -0.05) is 84.9 Å². The minimum atomic E-state index is 1.20. The highest BCUT2D eigenvalue weighted by Crippen LogP contribution is 2.46. The van der Waals surface area contributed by atoms with Gasteiger partial charge in [-0.25, -0.2) is 0 Å². The van der Waals surface area contributed by atoms with Crippen LogP contribution in [0.1, 0.15) is 0 Å². The molecule has 0 unspecified atom stereocenters. The minimum Gasteiger partial charge on any atom is -0.308 e. The SMILES string of the molecule is c1ccc(-n2c3ccccc3c3sc4c(-c5ccc6c(c5)sc5ccccc56)cccc4c32)cc1. The van der Waals surface area contributed by atoms with Crippen LogP contribution in [0.15, 0.2) is 115 Å². The maximum Gasteiger partial charge on any atom is 0.0727 e. The van der Waals surface area contributed by atoms with Crippen LogP contribution < -0.4 is 0 Å². The first kappa shape index (κ1) is 19.4. The summed E-state index contributed by atoms with van der Waals surface area (Å²) < 4.78 is 7.84. The number of benzene rings is 5. The Bertz CT molecular complexity index is 2050. The summed E-state index contributed by atoms with van der Waals surface area (Å²) in [5.74, 6) is 0. The van der Waals surface area contributed by atoms with Gasteiger partial charge in [0.25, 0.3) is 0 Å². The van der Waals surface area contributed by atoms with E-state index in [-0.39, 0.29) is 0 Å². The molecule has 0 amide bonds. The smallest absolute Gasteiger partial charge is 0.0727 e. The van der Waals surface area contributed by atoms with E-state index in [9.17, 15) is 0 Å². The zero-order valence-electron chi connectivity index (χ0n) is 18.7. The lowest BCUT2D eigenvalue weighted by Crippen LogP contribution is -1.92. The topological polar surface area (TPSA) is 4.93 Å². The van der Waals surface area contributed by atoms with Crippen LogP contribution >= 0.6 is 22.7 Å². The lowest BCUT2D eigenvalue weighted by atomic mass is 10.0. The van der Waals surface area contributed by atoms with Crippen LogP contribution in [0.4, 0.5) is 0 Å². The second kappa shape index (κ2) is 7.29. The van der Waals surface area contributed by atoms with E-state index < -0.39 is 0 Å². The van der Waals surface area contributed by atoms with Gasteiger partial charge in [-0.2, -0.15) is 0 Å². The molecule has 35 heavy (non-hydrogen) atoms. The molecule has 0 atom stereocenters. The van der Waals surface area contributed by atoms with Gasteiger partial charge in [0.1, 0.15) is 0 Å². The molecule has 8 rings (SSSR count). The Morgan fingerprint density at radius 3 is 2.14 bits per heavy atom. The number of hydrogen-bond donors (Lipinski definition) is 0. The van der Waals surface area contributed by atoms with Crippen molar-refractivity contribution >= 4 is 74.1 Å². The molecule has 3 heterocycles. The Kier molecular flexibility index (Phi) is 4.04. The van der Waals surface area contributed by atoms with Crippen LogP contribution in [0.25, 0.3) is 68.2 Å². The predicted octanol–water partition coefficient (Wildman–Crippen LogP) is 10.0. The third-order valence-electron chi connectivity index (χ3n) is 7.01. The molecule has 0 saturated heterocycles. The summed E-state index contributed by atoms with van der Waals surface area (Å²) in [4.78, 5) is 0. The van der Waals surface area contributed by atoms with E-state index in [4.69, 9.17) is 0 Å². The molecular weight excluding hydrogens is 462 g/mol. The van der Waals surface area contributed by atoms with Crippen LogP contribution in [0.5, 0.6) is 0 Å². The van der Waals surface area contributed by atoms with Crippen molar-refractivity contribution in [3.8, 4) is 16.8 Å². The molecule has 8 aromatic rings. The van der Waals surface area contributed by atoms with E-state index in [2.05, 4.69) is 120 Å². The van der Waals surface area contributed by atoms with Gasteiger partial charge in [0.05, 0.1) is 15.7 Å². The molecule has 0 bridgehead atoms. The Labute approximate surface area is 210 Å². The van der Waals surface area contributed by atoms with Crippen LogP contribution in [0.2, 0.25) is 0 Å². The number of fused-ring (bicyclic) bond motifs is 8. The predicted molar refractivity (Wildman–Crippen MR) is 154 cm³/mol. The van der Waals surface area contributed by atoms with Crippen molar-refractivity contribution in [2.75, 3.05) is 0 Å². The molecule has 5 aromatic carbocycles. The molecule has 0 saturated carbocycles. The van der Waals surface area contributed by atoms with E-state index in [0.717, 1.165) is 0 Å². The third kappa shape index (κ3) is 2.74. The Hall–Kier alpha value is -3.92. The molecule has 164 valence electrons. The lowest BCUT2D eigenvalue weighted by molar-refractivity contribution is 1.19. The lowest BCUT2D eigenvalue weighted by Gasteiger charge is -2.09. The molecule has 0 aliphatic carbocycles. The van der Waals surface area contributed by atoms with Gasteiger partial charge in [-0.05, 0) is 41.5 Å². The number of aromatic nitrogens is 1. The Balaban J connectivity index is 1.44. The second-order valence-electron chi connectivity index (χ2n) is 8.96. The van der Waals surface area contributed by atoms with Gasteiger partial charge in [-0.3, -0.25) is 0 Å². The molecule has 1 nitrogen and oxygen atoms in total. The van der Waals surface area contributed by atoms with E-state index in [0.29, 0.717) is 0 Å². The highest BCUT2D eigenvalue weighted by Gasteiger charge is 2.19. The van der Waals surface area contributed by atoms with Crippen molar-refractivity contribution in [2.45, 2.75) is 0 Å². The van der Waals surface area contributed by atoms with Crippen LogP contribution in [-0.4, -0.2) is 4.57 Å². The molecule has 3 aromatic heterocycles. The number of thiophene rings is 2. The highest BCUT2D eigenvalue weighted by molar-refractivity contribution is 7.27. The first-order valence-electron chi connectivity index (χ1n) is 11.8. The standard InChI is InChI=1S/C32H19NS2/c1-2-9-21(10-3-1)33-27-15-6-4-12-25(27)32-30(33)26-14-8-13-22(31(26)35-32)20-17-18-24-23-11-5-7-16-28(23)34-29(24)19-20/h1-19H. The average molecular weight is 482 g/mol. The summed E-state index contributed by atoms with van der Waals surface area (Å²) >= 11 is 3.80. The molecule has 0 aliphatic rings. The molecule has 0 spiro atoms. The molecule has 0 fully saturated rings. The summed E-state index contributed by atoms with van der Waals surface area (Å²) in [5.41, 5.74) is 6.37. The zero-order chi connectivity index (χ0) is 22.9. The zero-order valence-corrected chi connectivity index (χ0v) is 20.4. The minimum absolute atomic E-state index is 1.20. The van der Waals surface area contributed by atoms with E-state index in [1.165, 1.54) is 68.2 Å². The van der Waals surface area contributed by atoms with Crippen LogP contribution in [0.3, 0.4) is 0 Å². The third-order valence-corrected chi connectivity index (χ3v) is 9.40. The summed E-state index contributed by atoms with van der Waals surface area (Å²) in [6.45, 7) is 0. The first-order chi connectivity index (χ1) is 17.4. The van der Waals surface area contributed by atoms with Crippen molar-refractivity contribution in [3.63, 3.8) is 0 Å². The summed E-state index contributed by atoms with van der Waals surface area (Å²) in [7, 11) is 0. The van der Waals surface area contributed by atoms with Crippen LogP contribution in [-0.2, 0) is 0 Å². The van der Waals surface area contributed by atoms with Gasteiger partial charge in [-0.15, -0.1) is 22.7 Å². The van der Waals surface area contributed by atoms with E-state index >= 15 is 0 Å². The normalized spacial score (nSPS) is 12.0. The van der Waals surface area contributed by atoms with Gasteiger partial charge in [0, 0.05) is 41.3 Å². The number of rotatable bonds is 2. The highest BCUT2D eigenvalue weighted by atomic mass is 32.1. The molecule has 0 radical (unpaired) electrons. The molecule has 0 N–H and O–H groups in total. The summed E-state index contributed by atoms with van der Waals surface area (Å²) in [5, 5.41) is 5.33. The number of nitrogens with zero attached hydrogens (tertiary/aromatic N) is 1. The van der Waals surface area contributed by atoms with Crippen molar-refractivity contribution in [1.29, 1.82) is 0 Å². The quantitative estimate of drug-likeness (QED) is 0.231. The summed E-state index contributed by atoms with van der Waals surface area (Å²) in [6.07, 6.45) is 0.